The van der Waals surface area contributed by atoms with Gasteiger partial charge in [0.25, 0.3) is 5.91 Å². The molecule has 3 rings (SSSR count). The standard InChI is InChI=1S/C17H19FN2O4/c1-24-14-6-5-11(18)9-12(14)13(21)10-20-15(22)17(19-16(20)23)7-3-2-4-8-17/h5-6,9H,2-4,7-8,10H2,1H3,(H,19,23). The highest BCUT2D eigenvalue weighted by Crippen LogP contribution is 2.34. The number of carbonyl (C=O) groups excluding carboxylic acids is 3. The number of ether oxygens (including phenoxy) is 1. The van der Waals surface area contributed by atoms with Crippen molar-refractivity contribution < 1.29 is 23.5 Å². The Balaban J connectivity index is 1.81. The molecule has 24 heavy (non-hydrogen) atoms. The van der Waals surface area contributed by atoms with Crippen LogP contribution < -0.4 is 10.1 Å². The minimum atomic E-state index is -0.873. The second-order valence-corrected chi connectivity index (χ2v) is 6.23. The van der Waals surface area contributed by atoms with Crippen LogP contribution in [0.25, 0.3) is 0 Å². The number of nitrogens with one attached hydrogen (secondary N) is 1. The molecule has 1 N–H and O–H groups in total. The summed E-state index contributed by atoms with van der Waals surface area (Å²) in [5.41, 5.74) is -0.857. The van der Waals surface area contributed by atoms with E-state index in [1.54, 1.807) is 0 Å². The summed E-state index contributed by atoms with van der Waals surface area (Å²) in [5, 5.41) is 2.75. The average molecular weight is 334 g/mol. The van der Waals surface area contributed by atoms with E-state index in [1.807, 2.05) is 0 Å². The Kier molecular flexibility index (Phi) is 4.26. The van der Waals surface area contributed by atoms with Crippen molar-refractivity contribution in [3.63, 3.8) is 0 Å². The number of nitrogens with zero attached hydrogens (tertiary/aromatic N) is 1. The van der Waals surface area contributed by atoms with E-state index in [2.05, 4.69) is 5.32 Å². The number of methoxy groups -OCH3 is 1. The van der Waals surface area contributed by atoms with E-state index >= 15 is 0 Å². The van der Waals surface area contributed by atoms with Crippen molar-refractivity contribution in [2.75, 3.05) is 13.7 Å². The highest BCUT2D eigenvalue weighted by atomic mass is 19.1. The summed E-state index contributed by atoms with van der Waals surface area (Å²) in [6.07, 6.45) is 3.94. The molecule has 1 aliphatic heterocycles. The van der Waals surface area contributed by atoms with Gasteiger partial charge in [-0.15, -0.1) is 0 Å². The fourth-order valence-electron chi connectivity index (χ4n) is 3.44. The lowest BCUT2D eigenvalue weighted by atomic mass is 9.82. The van der Waals surface area contributed by atoms with Crippen molar-refractivity contribution in [2.24, 2.45) is 0 Å². The lowest BCUT2D eigenvalue weighted by Crippen LogP contribution is -2.48. The number of amides is 3. The summed E-state index contributed by atoms with van der Waals surface area (Å²) >= 11 is 0. The maximum Gasteiger partial charge on any atom is 0.325 e. The third kappa shape index (κ3) is 2.74. The fourth-order valence-corrected chi connectivity index (χ4v) is 3.44. The van der Waals surface area contributed by atoms with Gasteiger partial charge in [-0.3, -0.25) is 14.5 Å². The van der Waals surface area contributed by atoms with E-state index in [4.69, 9.17) is 4.74 Å². The maximum atomic E-state index is 13.4. The van der Waals surface area contributed by atoms with Gasteiger partial charge >= 0.3 is 6.03 Å². The van der Waals surface area contributed by atoms with Gasteiger partial charge in [0, 0.05) is 0 Å². The molecular weight excluding hydrogens is 315 g/mol. The van der Waals surface area contributed by atoms with Crippen molar-refractivity contribution in [2.45, 2.75) is 37.6 Å². The molecule has 3 amide bonds. The predicted molar refractivity (Wildman–Crippen MR) is 83.3 cm³/mol. The van der Waals surface area contributed by atoms with Gasteiger partial charge in [-0.25, -0.2) is 9.18 Å². The number of imide groups is 1. The molecule has 128 valence electrons. The number of halogens is 1. The molecule has 0 aromatic heterocycles. The van der Waals surface area contributed by atoms with Crippen LogP contribution in [0.15, 0.2) is 18.2 Å². The number of hydrogen-bond acceptors (Lipinski definition) is 4. The molecule has 7 heteroatoms. The van der Waals surface area contributed by atoms with Gasteiger partial charge in [-0.05, 0) is 31.0 Å². The quantitative estimate of drug-likeness (QED) is 0.677. The number of carbonyl (C=O) groups is 3. The van der Waals surface area contributed by atoms with E-state index in [-0.39, 0.29) is 17.2 Å². The molecule has 2 aliphatic rings. The topological polar surface area (TPSA) is 75.7 Å². The van der Waals surface area contributed by atoms with Crippen molar-refractivity contribution in [3.05, 3.63) is 29.6 Å². The van der Waals surface area contributed by atoms with Gasteiger partial charge < -0.3 is 10.1 Å². The number of benzene rings is 1. The Bertz CT molecular complexity index is 698. The van der Waals surface area contributed by atoms with E-state index in [0.717, 1.165) is 30.2 Å². The molecule has 1 spiro atoms. The summed E-state index contributed by atoms with van der Waals surface area (Å²) in [7, 11) is 1.37. The van der Waals surface area contributed by atoms with Crippen LogP contribution in [0.1, 0.15) is 42.5 Å². The zero-order chi connectivity index (χ0) is 17.3. The first kappa shape index (κ1) is 16.4. The molecule has 0 bridgehead atoms. The zero-order valence-corrected chi connectivity index (χ0v) is 13.4. The van der Waals surface area contributed by atoms with Gasteiger partial charge in [-0.2, -0.15) is 0 Å². The molecule has 0 radical (unpaired) electrons. The van der Waals surface area contributed by atoms with Crippen LogP contribution in [0.3, 0.4) is 0 Å². The van der Waals surface area contributed by atoms with Gasteiger partial charge in [0.2, 0.25) is 0 Å². The number of hydrogen-bond donors (Lipinski definition) is 1. The minimum Gasteiger partial charge on any atom is -0.496 e. The minimum absolute atomic E-state index is 0.0164. The molecular formula is C17H19FN2O4. The molecule has 1 saturated heterocycles. The number of rotatable bonds is 4. The van der Waals surface area contributed by atoms with Crippen LogP contribution in [0.4, 0.5) is 9.18 Å². The SMILES string of the molecule is COc1ccc(F)cc1C(=O)CN1C(=O)NC2(CCCCC2)C1=O. The van der Waals surface area contributed by atoms with E-state index in [9.17, 15) is 18.8 Å². The predicted octanol–water partition coefficient (Wildman–Crippen LogP) is 2.27. The van der Waals surface area contributed by atoms with E-state index in [0.29, 0.717) is 12.8 Å². The second-order valence-electron chi connectivity index (χ2n) is 6.23. The zero-order valence-electron chi connectivity index (χ0n) is 13.4. The third-order valence-corrected chi connectivity index (χ3v) is 4.72. The molecule has 1 aromatic rings. The smallest absolute Gasteiger partial charge is 0.325 e. The van der Waals surface area contributed by atoms with Gasteiger partial charge in [-0.1, -0.05) is 19.3 Å². The number of urea groups is 1. The van der Waals surface area contributed by atoms with Crippen LogP contribution in [0.2, 0.25) is 0 Å². The molecule has 2 fully saturated rings. The largest absolute Gasteiger partial charge is 0.496 e. The maximum absolute atomic E-state index is 13.4. The molecule has 1 aliphatic carbocycles. The average Bonchev–Trinajstić information content (AvgIpc) is 2.79. The van der Waals surface area contributed by atoms with Crippen LogP contribution in [0, 0.1) is 5.82 Å². The molecule has 1 saturated carbocycles. The lowest BCUT2D eigenvalue weighted by Gasteiger charge is -2.30. The van der Waals surface area contributed by atoms with Crippen LogP contribution in [-0.4, -0.2) is 41.8 Å². The molecule has 6 nitrogen and oxygen atoms in total. The van der Waals surface area contributed by atoms with Gasteiger partial charge in [0.05, 0.1) is 19.2 Å². The lowest BCUT2D eigenvalue weighted by molar-refractivity contribution is -0.132. The summed E-state index contributed by atoms with van der Waals surface area (Å²) in [5.74, 6) is -1.28. The Morgan fingerprint density at radius 1 is 1.29 bits per heavy atom. The normalized spacial score (nSPS) is 19.5. The molecule has 1 heterocycles. The summed E-state index contributed by atoms with van der Waals surface area (Å²) in [4.78, 5) is 38.3. The molecule has 0 atom stereocenters. The van der Waals surface area contributed by atoms with Crippen LogP contribution >= 0.6 is 0 Å². The second kappa shape index (κ2) is 6.22. The number of Topliss-reactive ketones (excluding diaryl/α,β-unsaturated/α-hetero) is 1. The number of ketones is 1. The molecule has 1 aromatic carbocycles. The van der Waals surface area contributed by atoms with Gasteiger partial charge in [0.15, 0.2) is 5.78 Å². The van der Waals surface area contributed by atoms with Crippen molar-refractivity contribution >= 4 is 17.7 Å². The summed E-state index contributed by atoms with van der Waals surface area (Å²) in [6, 6.07) is 3.01. The van der Waals surface area contributed by atoms with Crippen LogP contribution in [0.5, 0.6) is 5.75 Å². The van der Waals surface area contributed by atoms with Crippen molar-refractivity contribution in [1.82, 2.24) is 10.2 Å². The van der Waals surface area contributed by atoms with Crippen molar-refractivity contribution in [1.29, 1.82) is 0 Å². The summed E-state index contributed by atoms with van der Waals surface area (Å²) < 4.78 is 18.5. The van der Waals surface area contributed by atoms with E-state index in [1.165, 1.54) is 19.2 Å². The van der Waals surface area contributed by atoms with Crippen LogP contribution in [-0.2, 0) is 4.79 Å². The van der Waals surface area contributed by atoms with E-state index < -0.39 is 29.7 Å². The first-order valence-corrected chi connectivity index (χ1v) is 7.98. The Morgan fingerprint density at radius 2 is 2.00 bits per heavy atom. The third-order valence-electron chi connectivity index (χ3n) is 4.72. The monoisotopic (exact) mass is 334 g/mol. The first-order chi connectivity index (χ1) is 11.5. The van der Waals surface area contributed by atoms with Gasteiger partial charge in [0.1, 0.15) is 17.1 Å². The molecule has 0 unspecified atom stereocenters. The highest BCUT2D eigenvalue weighted by Gasteiger charge is 2.51. The van der Waals surface area contributed by atoms with Crippen molar-refractivity contribution in [3.8, 4) is 5.75 Å². The Labute approximate surface area is 139 Å². The Morgan fingerprint density at radius 3 is 2.67 bits per heavy atom. The Hall–Kier alpha value is -2.44. The highest BCUT2D eigenvalue weighted by molar-refractivity contribution is 6.11. The fraction of sp³-hybridized carbons (Fsp3) is 0.471. The first-order valence-electron chi connectivity index (χ1n) is 7.98. The summed E-state index contributed by atoms with van der Waals surface area (Å²) in [6.45, 7) is -0.424.